The van der Waals surface area contributed by atoms with Crippen molar-refractivity contribution in [1.82, 2.24) is 5.32 Å². The predicted octanol–water partition coefficient (Wildman–Crippen LogP) is 0.849. The minimum absolute atomic E-state index is 0.0189. The lowest BCUT2D eigenvalue weighted by Gasteiger charge is -2.03. The van der Waals surface area contributed by atoms with Gasteiger partial charge in [-0.2, -0.15) is 12.6 Å². The lowest BCUT2D eigenvalue weighted by molar-refractivity contribution is -0.119. The summed E-state index contributed by atoms with van der Waals surface area (Å²) in [5.74, 6) is 0.886. The second kappa shape index (κ2) is 8.87. The Morgan fingerprint density at radius 1 is 1.42 bits per heavy atom. The number of rotatable bonds is 7. The van der Waals surface area contributed by atoms with E-state index in [0.717, 1.165) is 25.2 Å². The van der Waals surface area contributed by atoms with Gasteiger partial charge in [-0.05, 0) is 18.6 Å². The second-order valence-corrected chi connectivity index (χ2v) is 2.97. The minimum atomic E-state index is 0.0189. The van der Waals surface area contributed by atoms with E-state index >= 15 is 0 Å². The van der Waals surface area contributed by atoms with Crippen LogP contribution in [0, 0.1) is 0 Å². The zero-order valence-electron chi connectivity index (χ0n) is 7.51. The summed E-state index contributed by atoms with van der Waals surface area (Å²) >= 11 is 4.05. The quantitative estimate of drug-likeness (QED) is 0.462. The summed E-state index contributed by atoms with van der Waals surface area (Å²) < 4.78 is 5.26. The van der Waals surface area contributed by atoms with Crippen LogP contribution in [0.2, 0.25) is 0 Å². The number of nitrogens with one attached hydrogen (secondary N) is 1. The van der Waals surface area contributed by atoms with Crippen LogP contribution in [0.3, 0.4) is 0 Å². The normalized spacial score (nSPS) is 9.83. The predicted molar refractivity (Wildman–Crippen MR) is 52.6 cm³/mol. The van der Waals surface area contributed by atoms with Gasteiger partial charge >= 0.3 is 0 Å². The number of carbonyl (C=O) groups excluding carboxylic acids is 1. The maximum Gasteiger partial charge on any atom is 0.216 e. The lowest BCUT2D eigenvalue weighted by Crippen LogP contribution is -2.21. The third-order valence-electron chi connectivity index (χ3n) is 1.29. The van der Waals surface area contributed by atoms with E-state index in [-0.39, 0.29) is 5.91 Å². The van der Waals surface area contributed by atoms with Crippen LogP contribution in [-0.4, -0.2) is 31.4 Å². The van der Waals surface area contributed by atoms with Crippen molar-refractivity contribution in [1.29, 1.82) is 0 Å². The van der Waals surface area contributed by atoms with Crippen LogP contribution in [0.1, 0.15) is 19.8 Å². The van der Waals surface area contributed by atoms with Crippen LogP contribution in [0.15, 0.2) is 0 Å². The molecule has 0 aliphatic carbocycles. The number of thiol groups is 1. The topological polar surface area (TPSA) is 38.3 Å². The van der Waals surface area contributed by atoms with Crippen LogP contribution in [0.5, 0.6) is 0 Å². The van der Waals surface area contributed by atoms with E-state index in [1.165, 1.54) is 6.92 Å². The fraction of sp³-hybridized carbons (Fsp3) is 0.875. The van der Waals surface area contributed by atoms with Crippen molar-refractivity contribution in [3.05, 3.63) is 0 Å². The van der Waals surface area contributed by atoms with Crippen molar-refractivity contribution >= 4 is 18.5 Å². The Hall–Kier alpha value is -0.220. The third kappa shape index (κ3) is 9.78. The molecule has 0 aromatic heterocycles. The first-order valence-corrected chi connectivity index (χ1v) is 4.83. The van der Waals surface area contributed by atoms with Gasteiger partial charge in [0, 0.05) is 26.7 Å². The highest BCUT2D eigenvalue weighted by molar-refractivity contribution is 7.80. The molecule has 0 atom stereocenters. The van der Waals surface area contributed by atoms with Gasteiger partial charge in [0.25, 0.3) is 0 Å². The molecule has 72 valence electrons. The fourth-order valence-corrected chi connectivity index (χ4v) is 0.836. The Morgan fingerprint density at radius 2 is 2.08 bits per heavy atom. The zero-order chi connectivity index (χ0) is 9.23. The van der Waals surface area contributed by atoms with Gasteiger partial charge in [-0.1, -0.05) is 0 Å². The Bertz CT molecular complexity index is 120. The molecule has 0 radical (unpaired) electrons. The zero-order valence-corrected chi connectivity index (χ0v) is 8.40. The molecule has 0 saturated heterocycles. The molecule has 0 aromatic carbocycles. The molecule has 0 aromatic rings. The van der Waals surface area contributed by atoms with Crippen molar-refractivity contribution in [2.24, 2.45) is 0 Å². The summed E-state index contributed by atoms with van der Waals surface area (Å²) in [5.41, 5.74) is 0. The van der Waals surface area contributed by atoms with Crippen LogP contribution < -0.4 is 5.32 Å². The molecular formula is C8H17NO2S. The highest BCUT2D eigenvalue weighted by Gasteiger charge is 1.90. The molecule has 0 fully saturated rings. The molecule has 1 N–H and O–H groups in total. The molecule has 0 bridgehead atoms. The van der Waals surface area contributed by atoms with E-state index < -0.39 is 0 Å². The van der Waals surface area contributed by atoms with E-state index in [4.69, 9.17) is 4.74 Å². The van der Waals surface area contributed by atoms with Gasteiger partial charge in [0.05, 0.1) is 0 Å². The first kappa shape index (κ1) is 11.8. The summed E-state index contributed by atoms with van der Waals surface area (Å²) in [6, 6.07) is 0. The minimum Gasteiger partial charge on any atom is -0.381 e. The molecule has 0 spiro atoms. The third-order valence-corrected chi connectivity index (χ3v) is 1.60. The molecule has 0 aliphatic rings. The molecule has 0 saturated carbocycles. The molecule has 12 heavy (non-hydrogen) atoms. The summed E-state index contributed by atoms with van der Waals surface area (Å²) in [6.45, 7) is 3.70. The van der Waals surface area contributed by atoms with Crippen molar-refractivity contribution in [3.8, 4) is 0 Å². The van der Waals surface area contributed by atoms with Gasteiger partial charge in [0.2, 0.25) is 5.91 Å². The molecule has 3 nitrogen and oxygen atoms in total. The summed E-state index contributed by atoms with van der Waals surface area (Å²) in [5, 5.41) is 2.70. The van der Waals surface area contributed by atoms with Crippen LogP contribution in [0.25, 0.3) is 0 Å². The number of hydrogen-bond donors (Lipinski definition) is 2. The average Bonchev–Trinajstić information content (AvgIpc) is 2.02. The Kier molecular flexibility index (Phi) is 8.71. The fourth-order valence-electron chi connectivity index (χ4n) is 0.707. The highest BCUT2D eigenvalue weighted by atomic mass is 32.1. The number of amides is 1. The first-order chi connectivity index (χ1) is 5.77. The van der Waals surface area contributed by atoms with Gasteiger partial charge in [-0.25, -0.2) is 0 Å². The molecule has 1 amide bonds. The van der Waals surface area contributed by atoms with E-state index in [1.807, 2.05) is 0 Å². The van der Waals surface area contributed by atoms with Crippen LogP contribution in [0.4, 0.5) is 0 Å². The van der Waals surface area contributed by atoms with Crippen LogP contribution in [-0.2, 0) is 9.53 Å². The number of ether oxygens (including phenoxy) is 1. The Labute approximate surface area is 79.3 Å². The van der Waals surface area contributed by atoms with Crippen molar-refractivity contribution < 1.29 is 9.53 Å². The van der Waals surface area contributed by atoms with Crippen molar-refractivity contribution in [2.75, 3.05) is 25.5 Å². The molecule has 0 rings (SSSR count). The van der Waals surface area contributed by atoms with Gasteiger partial charge in [0.1, 0.15) is 0 Å². The van der Waals surface area contributed by atoms with Crippen LogP contribution >= 0.6 is 12.6 Å². The maximum atomic E-state index is 10.4. The van der Waals surface area contributed by atoms with E-state index in [1.54, 1.807) is 0 Å². The Morgan fingerprint density at radius 3 is 2.67 bits per heavy atom. The number of hydrogen-bond acceptors (Lipinski definition) is 3. The van der Waals surface area contributed by atoms with Gasteiger partial charge in [0.15, 0.2) is 0 Å². The molecule has 0 heterocycles. The van der Waals surface area contributed by atoms with Gasteiger partial charge in [-0.15, -0.1) is 0 Å². The van der Waals surface area contributed by atoms with Crippen molar-refractivity contribution in [2.45, 2.75) is 19.8 Å². The largest absolute Gasteiger partial charge is 0.381 e. The molecule has 4 heteroatoms. The maximum absolute atomic E-state index is 10.4. The standard InChI is InChI=1S/C8H17NO2S/c1-8(10)9-4-2-5-11-6-3-7-12/h12H,2-7H2,1H3,(H,9,10). The van der Waals surface area contributed by atoms with Gasteiger partial charge in [-0.3, -0.25) is 4.79 Å². The summed E-state index contributed by atoms with van der Waals surface area (Å²) in [7, 11) is 0. The number of carbonyl (C=O) groups is 1. The first-order valence-electron chi connectivity index (χ1n) is 4.20. The van der Waals surface area contributed by atoms with E-state index in [9.17, 15) is 4.79 Å². The average molecular weight is 191 g/mol. The smallest absolute Gasteiger partial charge is 0.216 e. The second-order valence-electron chi connectivity index (χ2n) is 2.53. The monoisotopic (exact) mass is 191 g/mol. The SMILES string of the molecule is CC(=O)NCCCOCCCS. The summed E-state index contributed by atoms with van der Waals surface area (Å²) in [6.07, 6.45) is 1.87. The highest BCUT2D eigenvalue weighted by Crippen LogP contribution is 1.87. The van der Waals surface area contributed by atoms with Gasteiger partial charge < -0.3 is 10.1 Å². The Balaban J connectivity index is 2.86. The molecule has 0 unspecified atom stereocenters. The lowest BCUT2D eigenvalue weighted by atomic mass is 10.4. The van der Waals surface area contributed by atoms with E-state index in [0.29, 0.717) is 13.2 Å². The summed E-state index contributed by atoms with van der Waals surface area (Å²) in [4.78, 5) is 10.4. The molecular weight excluding hydrogens is 174 g/mol. The van der Waals surface area contributed by atoms with E-state index in [2.05, 4.69) is 17.9 Å². The van der Waals surface area contributed by atoms with Crippen molar-refractivity contribution in [3.63, 3.8) is 0 Å². The molecule has 0 aliphatic heterocycles.